The number of amides is 2. The fourth-order valence-corrected chi connectivity index (χ4v) is 1.88. The Hall–Kier alpha value is -1.88. The van der Waals surface area contributed by atoms with Gasteiger partial charge in [-0.05, 0) is 30.5 Å². The average Bonchev–Trinajstić information content (AvgIpc) is 2.40. The van der Waals surface area contributed by atoms with E-state index in [4.69, 9.17) is 11.5 Å². The number of aryl methyl sites for hydroxylation is 1. The first-order valence-electron chi connectivity index (χ1n) is 6.96. The van der Waals surface area contributed by atoms with Gasteiger partial charge in [-0.2, -0.15) is 0 Å². The van der Waals surface area contributed by atoms with Crippen molar-refractivity contribution < 1.29 is 9.59 Å². The SMILES string of the molecule is CCCCCc1ccc(NC(=O)C(N)CC(N)=O)cc1. The van der Waals surface area contributed by atoms with Crippen molar-refractivity contribution in [1.82, 2.24) is 0 Å². The van der Waals surface area contributed by atoms with Gasteiger partial charge < -0.3 is 16.8 Å². The Labute approximate surface area is 119 Å². The lowest BCUT2D eigenvalue weighted by Gasteiger charge is -2.11. The lowest BCUT2D eigenvalue weighted by Crippen LogP contribution is -2.38. The van der Waals surface area contributed by atoms with Crippen molar-refractivity contribution in [2.24, 2.45) is 11.5 Å². The van der Waals surface area contributed by atoms with Crippen LogP contribution in [0.5, 0.6) is 0 Å². The standard InChI is InChI=1S/C15H23N3O2/c1-2-3-4-5-11-6-8-12(9-7-11)18-15(20)13(16)10-14(17)19/h6-9,13H,2-5,10,16H2,1H3,(H2,17,19)(H,18,20). The van der Waals surface area contributed by atoms with Crippen LogP contribution in [0.1, 0.15) is 38.2 Å². The van der Waals surface area contributed by atoms with Gasteiger partial charge in [-0.25, -0.2) is 0 Å². The number of rotatable bonds is 8. The van der Waals surface area contributed by atoms with E-state index < -0.39 is 17.9 Å². The maximum atomic E-state index is 11.7. The molecule has 0 spiro atoms. The van der Waals surface area contributed by atoms with Crippen molar-refractivity contribution in [3.8, 4) is 0 Å². The van der Waals surface area contributed by atoms with E-state index in [0.717, 1.165) is 6.42 Å². The average molecular weight is 277 g/mol. The molecule has 0 saturated heterocycles. The Morgan fingerprint density at radius 1 is 1.20 bits per heavy atom. The quantitative estimate of drug-likeness (QED) is 0.629. The minimum Gasteiger partial charge on any atom is -0.370 e. The molecule has 0 aliphatic carbocycles. The number of benzene rings is 1. The third-order valence-corrected chi connectivity index (χ3v) is 3.05. The largest absolute Gasteiger partial charge is 0.370 e. The van der Waals surface area contributed by atoms with Crippen LogP contribution < -0.4 is 16.8 Å². The Balaban J connectivity index is 2.48. The van der Waals surface area contributed by atoms with Gasteiger partial charge >= 0.3 is 0 Å². The summed E-state index contributed by atoms with van der Waals surface area (Å²) in [5.74, 6) is -0.985. The zero-order valence-electron chi connectivity index (χ0n) is 11.9. The molecule has 1 aromatic carbocycles. The van der Waals surface area contributed by atoms with Crippen LogP contribution in [0.15, 0.2) is 24.3 Å². The molecule has 5 N–H and O–H groups in total. The summed E-state index contributed by atoms with van der Waals surface area (Å²) in [5.41, 5.74) is 12.5. The normalized spacial score (nSPS) is 11.9. The molecule has 0 saturated carbocycles. The van der Waals surface area contributed by atoms with Crippen LogP contribution in [-0.2, 0) is 16.0 Å². The molecule has 1 rings (SSSR count). The summed E-state index contributed by atoms with van der Waals surface area (Å²) < 4.78 is 0. The highest BCUT2D eigenvalue weighted by Crippen LogP contribution is 2.12. The summed E-state index contributed by atoms with van der Waals surface area (Å²) in [6, 6.07) is 6.76. The third kappa shape index (κ3) is 5.84. The summed E-state index contributed by atoms with van der Waals surface area (Å²) in [7, 11) is 0. The van der Waals surface area contributed by atoms with Gasteiger partial charge in [-0.3, -0.25) is 9.59 Å². The van der Waals surface area contributed by atoms with Crippen LogP contribution in [0.4, 0.5) is 5.69 Å². The molecule has 1 aromatic rings. The molecule has 0 bridgehead atoms. The minimum atomic E-state index is -0.906. The molecular formula is C15H23N3O2. The molecule has 0 radical (unpaired) electrons. The highest BCUT2D eigenvalue weighted by atomic mass is 16.2. The van der Waals surface area contributed by atoms with E-state index in [2.05, 4.69) is 12.2 Å². The van der Waals surface area contributed by atoms with Crippen LogP contribution in [0.3, 0.4) is 0 Å². The van der Waals surface area contributed by atoms with Crippen molar-refractivity contribution in [1.29, 1.82) is 0 Å². The van der Waals surface area contributed by atoms with Gasteiger partial charge in [-0.15, -0.1) is 0 Å². The summed E-state index contributed by atoms with van der Waals surface area (Å²) in [4.78, 5) is 22.4. The van der Waals surface area contributed by atoms with E-state index in [0.29, 0.717) is 5.69 Å². The Bertz CT molecular complexity index is 443. The van der Waals surface area contributed by atoms with E-state index in [1.807, 2.05) is 24.3 Å². The number of hydrogen-bond donors (Lipinski definition) is 3. The summed E-state index contributed by atoms with van der Waals surface area (Å²) in [6.45, 7) is 2.17. The van der Waals surface area contributed by atoms with E-state index >= 15 is 0 Å². The molecule has 1 unspecified atom stereocenters. The number of primary amides is 1. The van der Waals surface area contributed by atoms with Gasteiger partial charge in [0.15, 0.2) is 0 Å². The monoisotopic (exact) mass is 277 g/mol. The lowest BCUT2D eigenvalue weighted by atomic mass is 10.1. The molecule has 0 aliphatic rings. The van der Waals surface area contributed by atoms with Crippen molar-refractivity contribution in [2.45, 2.75) is 45.1 Å². The molecule has 5 nitrogen and oxygen atoms in total. The molecule has 0 aliphatic heterocycles. The Kier molecular flexibility index (Phi) is 6.73. The van der Waals surface area contributed by atoms with Gasteiger partial charge in [0.25, 0.3) is 0 Å². The minimum absolute atomic E-state index is 0.152. The van der Waals surface area contributed by atoms with Crippen LogP contribution >= 0.6 is 0 Å². The van der Waals surface area contributed by atoms with Gasteiger partial charge in [0, 0.05) is 5.69 Å². The number of nitrogens with one attached hydrogen (secondary N) is 1. The topological polar surface area (TPSA) is 98.2 Å². The van der Waals surface area contributed by atoms with E-state index in [-0.39, 0.29) is 6.42 Å². The van der Waals surface area contributed by atoms with Crippen LogP contribution in [0, 0.1) is 0 Å². The first-order valence-corrected chi connectivity index (χ1v) is 6.96. The predicted octanol–water partition coefficient (Wildman–Crippen LogP) is 1.56. The third-order valence-electron chi connectivity index (χ3n) is 3.05. The number of nitrogens with two attached hydrogens (primary N) is 2. The zero-order chi connectivity index (χ0) is 15.0. The fourth-order valence-electron chi connectivity index (χ4n) is 1.88. The highest BCUT2D eigenvalue weighted by molar-refractivity contribution is 5.97. The molecule has 0 fully saturated rings. The molecule has 1 atom stereocenters. The van der Waals surface area contributed by atoms with Crippen LogP contribution in [0.2, 0.25) is 0 Å². The van der Waals surface area contributed by atoms with Crippen molar-refractivity contribution in [3.05, 3.63) is 29.8 Å². The van der Waals surface area contributed by atoms with Crippen LogP contribution in [0.25, 0.3) is 0 Å². The first kappa shape index (κ1) is 16.2. The second kappa shape index (κ2) is 8.32. The van der Waals surface area contributed by atoms with E-state index in [9.17, 15) is 9.59 Å². The maximum Gasteiger partial charge on any atom is 0.241 e. The molecule has 110 valence electrons. The molecule has 0 heterocycles. The smallest absolute Gasteiger partial charge is 0.241 e. The summed E-state index contributed by atoms with van der Waals surface area (Å²) >= 11 is 0. The fraction of sp³-hybridized carbons (Fsp3) is 0.467. The number of anilines is 1. The van der Waals surface area contributed by atoms with E-state index in [1.165, 1.54) is 24.8 Å². The Morgan fingerprint density at radius 2 is 1.85 bits per heavy atom. The highest BCUT2D eigenvalue weighted by Gasteiger charge is 2.15. The molecule has 20 heavy (non-hydrogen) atoms. The summed E-state index contributed by atoms with van der Waals surface area (Å²) in [5, 5.41) is 2.67. The number of carbonyl (C=O) groups is 2. The first-order chi connectivity index (χ1) is 9.52. The molecule has 0 aromatic heterocycles. The second-order valence-corrected chi connectivity index (χ2v) is 4.92. The number of carbonyl (C=O) groups excluding carboxylic acids is 2. The predicted molar refractivity (Wildman–Crippen MR) is 80.1 cm³/mol. The Morgan fingerprint density at radius 3 is 2.40 bits per heavy atom. The zero-order valence-corrected chi connectivity index (χ0v) is 11.9. The van der Waals surface area contributed by atoms with Crippen molar-refractivity contribution in [2.75, 3.05) is 5.32 Å². The summed E-state index contributed by atoms with van der Waals surface area (Å²) in [6.07, 6.45) is 4.49. The van der Waals surface area contributed by atoms with Crippen molar-refractivity contribution >= 4 is 17.5 Å². The lowest BCUT2D eigenvalue weighted by molar-refractivity contribution is -0.123. The van der Waals surface area contributed by atoms with Gasteiger partial charge in [-0.1, -0.05) is 31.9 Å². The second-order valence-electron chi connectivity index (χ2n) is 4.92. The van der Waals surface area contributed by atoms with Gasteiger partial charge in [0.2, 0.25) is 11.8 Å². The number of unbranched alkanes of at least 4 members (excludes halogenated alkanes) is 2. The van der Waals surface area contributed by atoms with Crippen molar-refractivity contribution in [3.63, 3.8) is 0 Å². The van der Waals surface area contributed by atoms with Gasteiger partial charge in [0.05, 0.1) is 12.5 Å². The maximum absolute atomic E-state index is 11.7. The molecular weight excluding hydrogens is 254 g/mol. The van der Waals surface area contributed by atoms with Gasteiger partial charge in [0.1, 0.15) is 0 Å². The molecule has 5 heteroatoms. The van der Waals surface area contributed by atoms with Crippen LogP contribution in [-0.4, -0.2) is 17.9 Å². The number of hydrogen-bond acceptors (Lipinski definition) is 3. The van der Waals surface area contributed by atoms with E-state index in [1.54, 1.807) is 0 Å². The molecule has 2 amide bonds.